The molecule has 2 aliphatic heterocycles. The number of likely N-dealkylation sites (N-methyl/N-ethyl adjacent to an activating group) is 2. The maximum Gasteiger partial charge on any atom is 0.161 e. The predicted octanol–water partition coefficient (Wildman–Crippen LogP) is 7.86. The molecule has 2 atom stereocenters. The molecule has 0 aromatic heterocycles. The number of hydrogen-bond donors (Lipinski definition) is 0. The van der Waals surface area contributed by atoms with Crippen molar-refractivity contribution in [2.45, 2.75) is 63.5 Å². The summed E-state index contributed by atoms with van der Waals surface area (Å²) in [7, 11) is 18.0. The largest absolute Gasteiger partial charge is 0.493 e. The van der Waals surface area contributed by atoms with E-state index in [1.807, 2.05) is 0 Å². The third-order valence-corrected chi connectivity index (χ3v) is 11.9. The van der Waals surface area contributed by atoms with Crippen LogP contribution in [0, 0.1) is 0 Å². The highest BCUT2D eigenvalue weighted by Crippen LogP contribution is 2.43. The average Bonchev–Trinajstić information content (AvgIpc) is 3.23. The molecule has 0 radical (unpaired) electrons. The molecule has 0 spiro atoms. The molecular weight excluding hydrogens is 709 g/mol. The van der Waals surface area contributed by atoms with Crippen molar-refractivity contribution < 1.29 is 37.9 Å². The maximum absolute atomic E-state index is 5.82. The van der Waals surface area contributed by atoms with Crippen LogP contribution >= 0.6 is 0 Å². The van der Waals surface area contributed by atoms with Crippen LogP contribution < -0.4 is 37.9 Å². The third kappa shape index (κ3) is 8.47. The van der Waals surface area contributed by atoms with Crippen LogP contribution in [0.5, 0.6) is 46.0 Å². The molecule has 10 heteroatoms. The van der Waals surface area contributed by atoms with Crippen molar-refractivity contribution in [3.63, 3.8) is 0 Å². The predicted molar refractivity (Wildman–Crippen MR) is 220 cm³/mol. The van der Waals surface area contributed by atoms with Gasteiger partial charge in [-0.2, -0.15) is 0 Å². The quantitative estimate of drug-likeness (QED) is 0.0992. The maximum atomic E-state index is 5.82. The molecular formula is C46H60N2O8. The van der Waals surface area contributed by atoms with Crippen LogP contribution in [0.4, 0.5) is 0 Å². The Morgan fingerprint density at radius 2 is 0.696 bits per heavy atom. The van der Waals surface area contributed by atoms with E-state index >= 15 is 0 Å². The number of unbranched alkanes of at least 4 members (excludes halogenated alkanes) is 1. The number of hydrogen-bond acceptors (Lipinski definition) is 10. The normalized spacial score (nSPS) is 16.8. The molecule has 10 nitrogen and oxygen atoms in total. The Balaban J connectivity index is 1.25. The SMILES string of the molecule is COc1cc(CCCCc2cc(OC)c(OC)cc2C[C@H]2c3cc(OC)c(OC)cc3CCN2C)c(C[C@H]2c3cc(OC)c(OC)cc3CCN2C)cc1OC. The lowest BCUT2D eigenvalue weighted by Gasteiger charge is -2.36. The van der Waals surface area contributed by atoms with Crippen LogP contribution in [0.15, 0.2) is 48.5 Å². The Bertz CT molecular complexity index is 1840. The van der Waals surface area contributed by atoms with E-state index in [1.54, 1.807) is 56.9 Å². The molecule has 6 rings (SSSR count). The Morgan fingerprint density at radius 1 is 0.411 bits per heavy atom. The summed E-state index contributed by atoms with van der Waals surface area (Å²) in [4.78, 5) is 4.89. The highest BCUT2D eigenvalue weighted by Gasteiger charge is 2.30. The van der Waals surface area contributed by atoms with Gasteiger partial charge in [-0.1, -0.05) is 0 Å². The first-order valence-corrected chi connectivity index (χ1v) is 19.6. The van der Waals surface area contributed by atoms with Gasteiger partial charge in [-0.05, 0) is 159 Å². The summed E-state index contributed by atoms with van der Waals surface area (Å²) in [5.74, 6) is 6.06. The minimum Gasteiger partial charge on any atom is -0.493 e. The standard InChI is InChI=1S/C46H60N2O8/c1-47-17-15-31-23-41(51-5)45(55-9)27-35(31)37(47)19-33-25-43(53-7)39(49-3)21-29(33)13-11-12-14-30-22-40(50-4)44(54-8)26-34(30)20-38-36-28-46(56-10)42(52-6)24-32(36)16-18-48(38)2/h21-28,37-38H,11-20H2,1-10H3/t37-,38-/m0/s1. The first-order valence-electron chi connectivity index (χ1n) is 19.6. The van der Waals surface area contributed by atoms with Gasteiger partial charge < -0.3 is 37.9 Å². The highest BCUT2D eigenvalue weighted by atomic mass is 16.5. The van der Waals surface area contributed by atoms with E-state index in [4.69, 9.17) is 37.9 Å². The molecule has 0 bridgehead atoms. The number of fused-ring (bicyclic) bond motifs is 2. The van der Waals surface area contributed by atoms with Crippen LogP contribution in [0.25, 0.3) is 0 Å². The molecule has 4 aromatic rings. The van der Waals surface area contributed by atoms with Crippen LogP contribution in [0.3, 0.4) is 0 Å². The molecule has 56 heavy (non-hydrogen) atoms. The van der Waals surface area contributed by atoms with E-state index in [2.05, 4.69) is 72.4 Å². The fourth-order valence-corrected chi connectivity index (χ4v) is 8.66. The number of aryl methyl sites for hydroxylation is 2. The second kappa shape index (κ2) is 18.4. The number of ether oxygens (including phenoxy) is 8. The summed E-state index contributed by atoms with van der Waals surface area (Å²) in [6.07, 6.45) is 7.42. The Kier molecular flexibility index (Phi) is 13.4. The fourth-order valence-electron chi connectivity index (χ4n) is 8.66. The van der Waals surface area contributed by atoms with Crippen LogP contribution in [-0.2, 0) is 38.5 Å². The van der Waals surface area contributed by atoms with Crippen molar-refractivity contribution in [1.29, 1.82) is 0 Å². The fraction of sp³-hybridized carbons (Fsp3) is 0.478. The molecule has 2 heterocycles. The van der Waals surface area contributed by atoms with E-state index in [-0.39, 0.29) is 12.1 Å². The number of benzene rings is 4. The summed E-state index contributed by atoms with van der Waals surface area (Å²) in [6.45, 7) is 1.93. The van der Waals surface area contributed by atoms with Crippen molar-refractivity contribution in [2.24, 2.45) is 0 Å². The van der Waals surface area contributed by atoms with Crippen molar-refractivity contribution in [2.75, 3.05) is 84.1 Å². The number of nitrogens with zero attached hydrogens (tertiary/aromatic N) is 2. The zero-order valence-electron chi connectivity index (χ0n) is 35.0. The molecule has 302 valence electrons. The monoisotopic (exact) mass is 768 g/mol. The number of methoxy groups -OCH3 is 8. The lowest BCUT2D eigenvalue weighted by atomic mass is 9.86. The first-order chi connectivity index (χ1) is 27.2. The van der Waals surface area contributed by atoms with Crippen molar-refractivity contribution >= 4 is 0 Å². The van der Waals surface area contributed by atoms with Gasteiger partial charge in [0.05, 0.1) is 56.9 Å². The summed E-state index contributed by atoms with van der Waals surface area (Å²) in [6, 6.07) is 17.7. The van der Waals surface area contributed by atoms with E-state index in [0.29, 0.717) is 0 Å². The van der Waals surface area contributed by atoms with Crippen molar-refractivity contribution in [3.8, 4) is 46.0 Å². The smallest absolute Gasteiger partial charge is 0.161 e. The van der Waals surface area contributed by atoms with E-state index < -0.39 is 0 Å². The minimum atomic E-state index is 0.175. The Hall–Kier alpha value is -4.80. The second-order valence-corrected chi connectivity index (χ2v) is 14.9. The topological polar surface area (TPSA) is 80.3 Å². The van der Waals surface area contributed by atoms with Gasteiger partial charge >= 0.3 is 0 Å². The summed E-state index contributed by atoms with van der Waals surface area (Å²) < 4.78 is 46.1. The van der Waals surface area contributed by atoms with Crippen molar-refractivity contribution in [3.05, 3.63) is 93.0 Å². The van der Waals surface area contributed by atoms with Gasteiger partial charge in [0.15, 0.2) is 46.0 Å². The molecule has 0 aliphatic carbocycles. The van der Waals surface area contributed by atoms with Crippen LogP contribution in [0.2, 0.25) is 0 Å². The summed E-state index contributed by atoms with van der Waals surface area (Å²) in [5, 5.41) is 0. The molecule has 0 saturated carbocycles. The minimum absolute atomic E-state index is 0.175. The van der Waals surface area contributed by atoms with Gasteiger partial charge in [-0.25, -0.2) is 0 Å². The van der Waals surface area contributed by atoms with E-state index in [0.717, 1.165) is 110 Å². The highest BCUT2D eigenvalue weighted by molar-refractivity contribution is 5.53. The molecule has 0 unspecified atom stereocenters. The van der Waals surface area contributed by atoms with Gasteiger partial charge in [0.2, 0.25) is 0 Å². The van der Waals surface area contributed by atoms with Crippen LogP contribution in [-0.4, -0.2) is 93.9 Å². The van der Waals surface area contributed by atoms with Gasteiger partial charge in [0, 0.05) is 25.2 Å². The molecule has 0 N–H and O–H groups in total. The van der Waals surface area contributed by atoms with E-state index in [9.17, 15) is 0 Å². The van der Waals surface area contributed by atoms with Gasteiger partial charge in [-0.3, -0.25) is 9.80 Å². The van der Waals surface area contributed by atoms with E-state index in [1.165, 1.54) is 44.5 Å². The zero-order valence-corrected chi connectivity index (χ0v) is 35.0. The second-order valence-electron chi connectivity index (χ2n) is 14.9. The van der Waals surface area contributed by atoms with Crippen LogP contribution in [0.1, 0.15) is 69.4 Å². The van der Waals surface area contributed by atoms with Gasteiger partial charge in [0.1, 0.15) is 0 Å². The third-order valence-electron chi connectivity index (χ3n) is 11.9. The number of rotatable bonds is 17. The first kappa shape index (κ1) is 40.9. The van der Waals surface area contributed by atoms with Crippen molar-refractivity contribution in [1.82, 2.24) is 9.80 Å². The Labute approximate surface area is 333 Å². The molecule has 4 aromatic carbocycles. The summed E-state index contributed by atoms with van der Waals surface area (Å²) >= 11 is 0. The summed E-state index contributed by atoms with van der Waals surface area (Å²) in [5.41, 5.74) is 10.3. The molecule has 0 amide bonds. The lowest BCUT2D eigenvalue weighted by molar-refractivity contribution is 0.227. The molecule has 0 saturated heterocycles. The van der Waals surface area contributed by atoms with Gasteiger partial charge in [-0.15, -0.1) is 0 Å². The van der Waals surface area contributed by atoms with Gasteiger partial charge in [0.25, 0.3) is 0 Å². The average molecular weight is 769 g/mol. The lowest BCUT2D eigenvalue weighted by Crippen LogP contribution is -2.33. The molecule has 2 aliphatic rings. The Morgan fingerprint density at radius 3 is 1.02 bits per heavy atom. The zero-order chi connectivity index (χ0) is 39.9. The molecule has 0 fully saturated rings.